The summed E-state index contributed by atoms with van der Waals surface area (Å²) in [6.07, 6.45) is 6.72. The molecule has 0 bridgehead atoms. The first-order chi connectivity index (χ1) is 69.1. The predicted molar refractivity (Wildman–Crippen MR) is 564 cm³/mol. The Hall–Kier alpha value is -13.9. The van der Waals surface area contributed by atoms with E-state index in [1.807, 2.05) is 211 Å². The predicted octanol–water partition coefficient (Wildman–Crippen LogP) is -5.97. The molecule has 63 nitrogen and oxygen atoms in total. The quantitative estimate of drug-likeness (QED) is 0.0158. The number of nitrogens with zero attached hydrogens (tertiary/aromatic N) is 25. The summed E-state index contributed by atoms with van der Waals surface area (Å²) in [5, 5.41) is 99.9. The van der Waals surface area contributed by atoms with Crippen molar-refractivity contribution in [1.82, 2.24) is 195 Å². The number of hydrogen-bond acceptors (Lipinski definition) is 53. The average molecular weight is 2100 g/mol. The van der Waals surface area contributed by atoms with Crippen LogP contribution >= 0.6 is 35.5 Å². The van der Waals surface area contributed by atoms with Gasteiger partial charge >= 0.3 is 28.7 Å². The van der Waals surface area contributed by atoms with E-state index in [-0.39, 0.29) is 39.9 Å². The van der Waals surface area contributed by atoms with Crippen molar-refractivity contribution in [1.29, 1.82) is 0 Å². The third-order valence-corrected chi connectivity index (χ3v) is 20.4. The van der Waals surface area contributed by atoms with Gasteiger partial charge in [-0.2, -0.15) is 64.4 Å². The van der Waals surface area contributed by atoms with Gasteiger partial charge in [-0.15, -0.1) is 30.6 Å². The Morgan fingerprint density at radius 1 is 0.451 bits per heavy atom. The summed E-state index contributed by atoms with van der Waals surface area (Å²) in [5.74, 6) is 5.71. The highest BCUT2D eigenvalue weighted by Crippen LogP contribution is 2.15. The van der Waals surface area contributed by atoms with E-state index >= 15 is 0 Å². The topological polar surface area (TPSA) is 771 Å². The highest BCUT2D eigenvalue weighted by atomic mass is 32.1. The summed E-state index contributed by atoms with van der Waals surface area (Å²) in [4.78, 5) is 114. The first-order valence-electron chi connectivity index (χ1n) is 44.7. The second-order valence-electron chi connectivity index (χ2n) is 29.9. The van der Waals surface area contributed by atoms with Crippen molar-refractivity contribution < 1.29 is 32.1 Å². The lowest BCUT2D eigenvalue weighted by Gasteiger charge is -2.15. The van der Waals surface area contributed by atoms with E-state index < -0.39 is 11.7 Å². The van der Waals surface area contributed by atoms with E-state index in [2.05, 4.69) is 208 Å². The molecule has 0 atom stereocenters. The molecule has 12 aromatic rings. The minimum atomic E-state index is -0.561. The fourth-order valence-electron chi connectivity index (χ4n) is 9.93. The molecular weight excluding hydrogens is 1950 g/mol. The number of aromatic amines is 13. The summed E-state index contributed by atoms with van der Waals surface area (Å²) in [5.41, 5.74) is 4.92. The Morgan fingerprint density at radius 2 is 0.910 bits per heavy atom. The number of halogens is 1. The Balaban J connectivity index is 0.00000155. The highest BCUT2D eigenvalue weighted by Gasteiger charge is 2.15. The largest absolute Gasteiger partial charge is 0.440 e. The minimum Gasteiger partial charge on any atom is -0.368 e. The molecular formula is C77H154FN51O12S3. The van der Waals surface area contributed by atoms with Crippen LogP contribution in [0.25, 0.3) is 0 Å². The zero-order chi connectivity index (χ0) is 108. The van der Waals surface area contributed by atoms with Crippen molar-refractivity contribution in [2.75, 3.05) is 391 Å². The first kappa shape index (κ1) is 130. The Labute approximate surface area is 846 Å². The first-order valence-corrected chi connectivity index (χ1v) is 46.7. The van der Waals surface area contributed by atoms with E-state index in [9.17, 15) is 33.2 Å². The number of nitrogens with one attached hydrogen (secondary N) is 25. The molecule has 12 aromatic heterocycles. The third kappa shape index (κ3) is 58.4. The molecule has 12 rings (SSSR count). The van der Waals surface area contributed by atoms with Gasteiger partial charge in [0.15, 0.2) is 22.1 Å². The maximum Gasteiger partial charge on any atom is 0.440 e. The van der Waals surface area contributed by atoms with E-state index in [0.717, 1.165) is 191 Å². The molecule has 0 aromatic carbocycles. The van der Waals surface area contributed by atoms with Gasteiger partial charge in [0.2, 0.25) is 41.3 Å². The molecule has 27 N–H and O–H groups in total. The second kappa shape index (κ2) is 81.6. The van der Waals surface area contributed by atoms with Gasteiger partial charge in [-0.3, -0.25) is 37.7 Å². The number of nitrogen functional groups attached to an aromatic ring is 1. The smallest absolute Gasteiger partial charge is 0.368 e. The molecule has 144 heavy (non-hydrogen) atoms. The summed E-state index contributed by atoms with van der Waals surface area (Å²) in [7, 11) is 45.5. The van der Waals surface area contributed by atoms with Gasteiger partial charge in [0, 0.05) is 259 Å². The molecule has 0 aliphatic carbocycles. The number of hydrogen-bond donors (Lipinski definition) is 26. The Kier molecular flexibility index (Phi) is 73.7. The summed E-state index contributed by atoms with van der Waals surface area (Å²) in [6.45, 7) is 20.6. The molecule has 67 heteroatoms. The van der Waals surface area contributed by atoms with Crippen LogP contribution in [-0.4, -0.2) is 463 Å². The molecule has 0 aliphatic rings. The standard InChI is InChI=1S/3C7H13N3O2.C7H13N3OS.C6H12FN5.C6H14N6.C6H13N5S.3C6H13N5.C6H12N4O2.C6H12N4OS.CO2/c1-8-3-4-10(2)6-5-9-12-7(6)11;1-8-3-4-10(2)7-5-6(11)9-12-7;1-8-3-4-10(2)6-5-7(11)12-9-6;1-8-3-4-10(2)7-5-6(11)9-12-7;1-8-3-4-12(2)6-5(7)9-11-10-6;1-8-3-4-12(2)6-9-5(7)10-11-6;1-7-3-4-11(2)5-6(12)9-10-8-5;1-7-3-4-11(2)6-8-5-9-10-6;2*1-7-3-4-11(2)6-5-8-10-9-6;1-7-3-4-10(2)5-8-6(11)12-9-5;1-7-3-4-10(2)5-6(11)9-12-8-5;2-1-3/h5,8-9H,3-4H2,1-2H3;5,8H,3-4H2,1-2H3,(H,9,11);5,8-9H,3-4H2,1-2H3;5,8H,3-4H2,1-2H3,(H,9,11);8H,3-4H2,1-2H3,(H,9,10,11);8H,3-4H2,1-2H3,(H3,7,9,10,11);7H,3-4H2,1-2H3,(H2,8,9,10,12);3*5,7H,3-4H2,1-2H3,(H,8,9,10);7H,3-4H2,1-2H3,(H,8,9,11);7H,3-4H2,1-2H3,(H,9,11);. The summed E-state index contributed by atoms with van der Waals surface area (Å²) >= 11 is 7.45. The Morgan fingerprint density at radius 3 is 1.28 bits per heavy atom. The van der Waals surface area contributed by atoms with Crippen molar-refractivity contribution >= 4 is 117 Å². The van der Waals surface area contributed by atoms with Crippen LogP contribution < -0.4 is 162 Å². The number of rotatable bonds is 48. The molecule has 0 saturated heterocycles. The lowest BCUT2D eigenvalue weighted by atomic mass is 10.4. The lowest BCUT2D eigenvalue weighted by Crippen LogP contribution is -2.30. The third-order valence-electron chi connectivity index (χ3n) is 18.6. The molecule has 0 fully saturated rings. The van der Waals surface area contributed by atoms with Crippen LogP contribution in [0.5, 0.6) is 0 Å². The van der Waals surface area contributed by atoms with E-state index in [1.165, 1.54) is 30.0 Å². The molecule has 814 valence electrons. The Bertz CT molecular complexity index is 4920. The molecule has 0 radical (unpaired) electrons. The number of aromatic nitrogens is 26. The van der Waals surface area contributed by atoms with Crippen LogP contribution in [0.1, 0.15) is 0 Å². The van der Waals surface area contributed by atoms with Crippen LogP contribution in [0.2, 0.25) is 0 Å². The zero-order valence-corrected chi connectivity index (χ0v) is 89.2. The van der Waals surface area contributed by atoms with Crippen molar-refractivity contribution in [2.24, 2.45) is 0 Å². The van der Waals surface area contributed by atoms with Crippen molar-refractivity contribution in [3.05, 3.63) is 116 Å². The molecule has 0 spiro atoms. The van der Waals surface area contributed by atoms with E-state index in [0.29, 0.717) is 52.2 Å². The van der Waals surface area contributed by atoms with Gasteiger partial charge in [0.1, 0.15) is 22.8 Å². The molecule has 12 heterocycles. The SMILES string of the molecule is CNCCN(C)c1c[nH]oc1=O.CNCCN(C)c1cc(=O)[nH]o1.CNCCN(C)c1cc(=O)[nH]s1.CNCCN(C)c1cc(=O)o[nH]1.CNCCN(C)c1cn[nH]n1.CNCCN(C)c1cn[nH]n1.CNCCN(C)c1n[nH][nH]c1=S.CNCCN(C)c1n[nH]c(N)n1.CNCCN(C)c1n[nH]nc1F.CNCCN(C)c1ncn[nH]1.CNCCN(C)c1noc(=O)[nH]1.CNCCN(C)c1ns[nH]c1=O.O=C=O. The van der Waals surface area contributed by atoms with E-state index in [1.54, 1.807) is 41.5 Å². The van der Waals surface area contributed by atoms with Crippen molar-refractivity contribution in [3.63, 3.8) is 0 Å². The van der Waals surface area contributed by atoms with Gasteiger partial charge in [-0.05, 0) is 101 Å². The number of likely N-dealkylation sites (N-methyl/N-ethyl adjacent to an activating group) is 24. The van der Waals surface area contributed by atoms with Crippen LogP contribution in [0.15, 0.2) is 90.0 Å². The second-order valence-corrected chi connectivity index (χ2v) is 31.7. The molecule has 0 amide bonds. The van der Waals surface area contributed by atoms with Crippen molar-refractivity contribution in [3.8, 4) is 0 Å². The average Bonchev–Trinajstić information content (AvgIpc) is 1.79. The van der Waals surface area contributed by atoms with Crippen LogP contribution in [0, 0.1) is 10.6 Å². The number of H-pyrrole nitrogens is 13. The van der Waals surface area contributed by atoms with Crippen LogP contribution in [-0.2, 0) is 9.59 Å². The maximum absolute atomic E-state index is 12.8. The monoisotopic (exact) mass is 2100 g/mol. The maximum atomic E-state index is 12.8. The zero-order valence-electron chi connectivity index (χ0n) is 86.8. The lowest BCUT2D eigenvalue weighted by molar-refractivity contribution is -0.191. The fraction of sp³-hybridized carbons (Fsp3) is 0.623. The number of anilines is 13. The normalized spacial score (nSPS) is 9.98. The molecule has 0 aliphatic heterocycles. The fourth-order valence-corrected chi connectivity index (χ4v) is 11.4. The van der Waals surface area contributed by atoms with Gasteiger partial charge < -0.3 is 142 Å². The van der Waals surface area contributed by atoms with Gasteiger partial charge in [-0.25, -0.2) is 40.1 Å². The van der Waals surface area contributed by atoms with Gasteiger partial charge in [-0.1, -0.05) is 12.2 Å². The van der Waals surface area contributed by atoms with Crippen molar-refractivity contribution in [2.45, 2.75) is 0 Å². The highest BCUT2D eigenvalue weighted by molar-refractivity contribution is 7.71. The van der Waals surface area contributed by atoms with Gasteiger partial charge in [0.05, 0.1) is 30.7 Å². The van der Waals surface area contributed by atoms with Crippen LogP contribution in [0.4, 0.5) is 79.7 Å². The summed E-state index contributed by atoms with van der Waals surface area (Å²) < 4.78 is 40.8. The van der Waals surface area contributed by atoms with Gasteiger partial charge in [0.25, 0.3) is 17.1 Å². The molecule has 0 saturated carbocycles. The summed E-state index contributed by atoms with van der Waals surface area (Å²) in [6, 6.07) is 4.46. The number of carbonyl (C=O) groups excluding carboxylic acids is 2. The van der Waals surface area contributed by atoms with E-state index in [4.69, 9.17) is 32.1 Å². The molecule has 0 unspecified atom stereocenters. The number of nitrogens with two attached hydrogens (primary N) is 1. The minimum absolute atomic E-state index is 0.0219. The van der Waals surface area contributed by atoms with Crippen LogP contribution in [0.3, 0.4) is 0 Å².